The second-order valence-corrected chi connectivity index (χ2v) is 7.39. The van der Waals surface area contributed by atoms with Crippen LogP contribution in [0.25, 0.3) is 0 Å². The molecule has 0 unspecified atom stereocenters. The molecule has 0 saturated carbocycles. The summed E-state index contributed by atoms with van der Waals surface area (Å²) in [6, 6.07) is 5.15. The highest BCUT2D eigenvalue weighted by Crippen LogP contribution is 2.26. The highest BCUT2D eigenvalue weighted by molar-refractivity contribution is 6.30. The second kappa shape index (κ2) is 7.72. The van der Waals surface area contributed by atoms with E-state index in [9.17, 15) is 9.90 Å². The largest absolute Gasteiger partial charge is 0.508 e. The summed E-state index contributed by atoms with van der Waals surface area (Å²) >= 11 is 6.01. The van der Waals surface area contributed by atoms with Crippen LogP contribution in [0.2, 0.25) is 5.02 Å². The van der Waals surface area contributed by atoms with Crippen LogP contribution in [0.1, 0.15) is 18.4 Å². The maximum atomic E-state index is 12.7. The van der Waals surface area contributed by atoms with Gasteiger partial charge in [-0.15, -0.1) is 0 Å². The van der Waals surface area contributed by atoms with E-state index >= 15 is 0 Å². The normalized spacial score (nSPS) is 21.2. The topological polar surface area (TPSA) is 47.0 Å². The van der Waals surface area contributed by atoms with E-state index in [1.807, 2.05) is 11.0 Å². The number of phenols is 1. The van der Waals surface area contributed by atoms with Crippen LogP contribution in [0.3, 0.4) is 0 Å². The molecule has 0 radical (unpaired) electrons. The molecule has 1 aromatic carbocycles. The fraction of sp³-hybridized carbons (Fsp3) is 0.611. The molecule has 2 aliphatic rings. The van der Waals surface area contributed by atoms with Crippen molar-refractivity contribution in [1.82, 2.24) is 14.7 Å². The molecule has 1 amide bonds. The van der Waals surface area contributed by atoms with Gasteiger partial charge in [0.1, 0.15) is 5.75 Å². The molecule has 0 spiro atoms. The van der Waals surface area contributed by atoms with Crippen molar-refractivity contribution in [3.63, 3.8) is 0 Å². The van der Waals surface area contributed by atoms with E-state index in [-0.39, 0.29) is 11.7 Å². The van der Waals surface area contributed by atoms with Gasteiger partial charge in [0.15, 0.2) is 0 Å². The van der Waals surface area contributed by atoms with E-state index in [2.05, 4.69) is 16.8 Å². The summed E-state index contributed by atoms with van der Waals surface area (Å²) in [7, 11) is 2.10. The van der Waals surface area contributed by atoms with E-state index < -0.39 is 0 Å². The molecule has 2 heterocycles. The third-order valence-corrected chi connectivity index (χ3v) is 5.42. The van der Waals surface area contributed by atoms with Crippen molar-refractivity contribution in [2.75, 3.05) is 46.3 Å². The summed E-state index contributed by atoms with van der Waals surface area (Å²) in [5, 5.41) is 10.6. The number of piperidine rings is 1. The molecule has 0 atom stereocenters. The molecule has 132 valence electrons. The Morgan fingerprint density at radius 1 is 1.17 bits per heavy atom. The predicted molar refractivity (Wildman–Crippen MR) is 95.2 cm³/mol. The number of halogens is 1. The van der Waals surface area contributed by atoms with E-state index in [1.54, 1.807) is 12.1 Å². The summed E-state index contributed by atoms with van der Waals surface area (Å²) in [6.07, 6.45) is 1.79. The number of likely N-dealkylation sites (tertiary alicyclic amines) is 1. The number of amides is 1. The number of rotatable bonds is 3. The number of hydrogen-bond donors (Lipinski definition) is 1. The Morgan fingerprint density at radius 3 is 2.50 bits per heavy atom. The minimum atomic E-state index is 0.151. The summed E-state index contributed by atoms with van der Waals surface area (Å²) < 4.78 is 0. The summed E-state index contributed by atoms with van der Waals surface area (Å²) in [5.41, 5.74) is 0.853. The number of benzene rings is 1. The average molecular weight is 352 g/mol. The number of phenolic OH excluding ortho intramolecular Hbond substituents is 1. The molecular formula is C18H26ClN3O2. The van der Waals surface area contributed by atoms with Gasteiger partial charge in [0.25, 0.3) is 0 Å². The second-order valence-electron chi connectivity index (χ2n) is 6.95. The van der Waals surface area contributed by atoms with Gasteiger partial charge in [0, 0.05) is 49.2 Å². The molecular weight excluding hydrogens is 326 g/mol. The summed E-state index contributed by atoms with van der Waals surface area (Å²) in [4.78, 5) is 19.2. The van der Waals surface area contributed by atoms with Crippen molar-refractivity contribution in [2.45, 2.75) is 19.4 Å². The molecule has 1 N–H and O–H groups in total. The molecule has 3 rings (SSSR count). The first-order valence-corrected chi connectivity index (χ1v) is 9.08. The molecule has 2 saturated heterocycles. The number of hydrogen-bond acceptors (Lipinski definition) is 4. The first kappa shape index (κ1) is 17.5. The van der Waals surface area contributed by atoms with E-state index in [0.29, 0.717) is 17.5 Å². The molecule has 24 heavy (non-hydrogen) atoms. The van der Waals surface area contributed by atoms with Gasteiger partial charge in [-0.2, -0.15) is 0 Å². The lowest BCUT2D eigenvalue weighted by atomic mass is 9.94. The number of carbonyl (C=O) groups excluding carboxylic acids is 1. The zero-order valence-corrected chi connectivity index (χ0v) is 15.0. The van der Waals surface area contributed by atoms with Crippen molar-refractivity contribution in [3.8, 4) is 5.75 Å². The lowest BCUT2D eigenvalue weighted by Crippen LogP contribution is -2.50. The Bertz CT molecular complexity index is 580. The van der Waals surface area contributed by atoms with Gasteiger partial charge in [-0.1, -0.05) is 11.6 Å². The van der Waals surface area contributed by atoms with Crippen LogP contribution in [-0.2, 0) is 11.3 Å². The Balaban J connectivity index is 1.50. The van der Waals surface area contributed by atoms with E-state index in [1.165, 1.54) is 0 Å². The van der Waals surface area contributed by atoms with Gasteiger partial charge in [-0.05, 0) is 51.2 Å². The van der Waals surface area contributed by atoms with Crippen LogP contribution in [0.5, 0.6) is 5.75 Å². The Kier molecular flexibility index (Phi) is 5.64. The number of piperazine rings is 1. The van der Waals surface area contributed by atoms with Crippen LogP contribution in [0, 0.1) is 5.92 Å². The SMILES string of the molecule is CN1CCN(C(=O)C2CCN(Cc3cc(Cl)ccc3O)CC2)CC1. The van der Waals surface area contributed by atoms with Crippen LogP contribution in [-0.4, -0.2) is 72.0 Å². The maximum absolute atomic E-state index is 12.7. The van der Waals surface area contributed by atoms with Crippen LogP contribution in [0.4, 0.5) is 0 Å². The third-order valence-electron chi connectivity index (χ3n) is 5.19. The van der Waals surface area contributed by atoms with Gasteiger partial charge in [0.05, 0.1) is 0 Å². The van der Waals surface area contributed by atoms with Crippen LogP contribution < -0.4 is 0 Å². The standard InChI is InChI=1S/C18H26ClN3O2/c1-20-8-10-22(11-9-20)18(24)14-4-6-21(7-5-14)13-15-12-16(19)2-3-17(15)23/h2-3,12,14,23H,4-11,13H2,1H3. The highest BCUT2D eigenvalue weighted by atomic mass is 35.5. The lowest BCUT2D eigenvalue weighted by molar-refractivity contribution is -0.138. The zero-order chi connectivity index (χ0) is 17.1. The van der Waals surface area contributed by atoms with Crippen molar-refractivity contribution < 1.29 is 9.90 Å². The average Bonchev–Trinajstić information content (AvgIpc) is 2.59. The minimum absolute atomic E-state index is 0.151. The first-order valence-electron chi connectivity index (χ1n) is 8.70. The zero-order valence-electron chi connectivity index (χ0n) is 14.2. The first-order chi connectivity index (χ1) is 11.5. The van der Waals surface area contributed by atoms with Crippen molar-refractivity contribution >= 4 is 17.5 Å². The summed E-state index contributed by atoms with van der Waals surface area (Å²) in [6.45, 7) is 6.10. The van der Waals surface area contributed by atoms with Crippen LogP contribution in [0.15, 0.2) is 18.2 Å². The Labute approximate surface area is 148 Å². The highest BCUT2D eigenvalue weighted by Gasteiger charge is 2.30. The van der Waals surface area contributed by atoms with Gasteiger partial charge in [0.2, 0.25) is 5.91 Å². The summed E-state index contributed by atoms with van der Waals surface area (Å²) in [5.74, 6) is 0.765. The molecule has 1 aromatic rings. The number of aromatic hydroxyl groups is 1. The smallest absolute Gasteiger partial charge is 0.225 e. The van der Waals surface area contributed by atoms with E-state index in [0.717, 1.165) is 57.7 Å². The number of carbonyl (C=O) groups is 1. The van der Waals surface area contributed by atoms with Crippen LogP contribution >= 0.6 is 11.6 Å². The molecule has 0 aromatic heterocycles. The number of likely N-dealkylation sites (N-methyl/N-ethyl adjacent to an activating group) is 1. The molecule has 0 bridgehead atoms. The molecule has 0 aliphatic carbocycles. The molecule has 2 aliphatic heterocycles. The monoisotopic (exact) mass is 351 g/mol. The third kappa shape index (κ3) is 4.21. The maximum Gasteiger partial charge on any atom is 0.225 e. The Morgan fingerprint density at radius 2 is 1.83 bits per heavy atom. The quantitative estimate of drug-likeness (QED) is 0.905. The van der Waals surface area contributed by atoms with Gasteiger partial charge < -0.3 is 14.9 Å². The van der Waals surface area contributed by atoms with Crippen molar-refractivity contribution in [3.05, 3.63) is 28.8 Å². The lowest BCUT2D eigenvalue weighted by Gasteiger charge is -2.37. The molecule has 2 fully saturated rings. The molecule has 6 heteroatoms. The Hall–Kier alpha value is -1.30. The van der Waals surface area contributed by atoms with Gasteiger partial charge in [-0.3, -0.25) is 9.69 Å². The van der Waals surface area contributed by atoms with Gasteiger partial charge >= 0.3 is 0 Å². The minimum Gasteiger partial charge on any atom is -0.508 e. The fourth-order valence-corrected chi connectivity index (χ4v) is 3.74. The van der Waals surface area contributed by atoms with E-state index in [4.69, 9.17) is 11.6 Å². The molecule has 5 nitrogen and oxygen atoms in total. The van der Waals surface area contributed by atoms with Gasteiger partial charge in [-0.25, -0.2) is 0 Å². The fourth-order valence-electron chi connectivity index (χ4n) is 3.54. The van der Waals surface area contributed by atoms with Crippen molar-refractivity contribution in [2.24, 2.45) is 5.92 Å². The number of nitrogens with zero attached hydrogens (tertiary/aromatic N) is 3. The van der Waals surface area contributed by atoms with Crippen molar-refractivity contribution in [1.29, 1.82) is 0 Å². The predicted octanol–water partition coefficient (Wildman–Crippen LogP) is 2.03.